The Morgan fingerprint density at radius 3 is 2.28 bits per heavy atom. The molecule has 0 unspecified atom stereocenters. The summed E-state index contributed by atoms with van der Waals surface area (Å²) >= 11 is 0. The lowest BCUT2D eigenvalue weighted by Gasteiger charge is -2.10. The Bertz CT molecular complexity index is 907. The Morgan fingerprint density at radius 2 is 1.64 bits per heavy atom. The number of hydrogen-bond acceptors (Lipinski definition) is 5. The van der Waals surface area contributed by atoms with Crippen LogP contribution in [0.3, 0.4) is 0 Å². The van der Waals surface area contributed by atoms with Gasteiger partial charge in [-0.05, 0) is 6.92 Å². The van der Waals surface area contributed by atoms with Crippen LogP contribution in [-0.4, -0.2) is 20.9 Å². The number of carbonyl (C=O) groups excluding carboxylic acids is 2. The standard InChI is InChI=1S/C18H20N2O5/c1-12-4-6-13(7-5-12)15(21)8-9-17(23)25-11-14-10-16(22)20(3)18(24)19(14)2/h4-7,10H,8-9,11H2,1-3H3. The number of ether oxygens (including phenoxy) is 1. The van der Waals surface area contributed by atoms with E-state index >= 15 is 0 Å². The molecule has 0 amide bonds. The Hall–Kier alpha value is -2.96. The van der Waals surface area contributed by atoms with Crippen molar-refractivity contribution < 1.29 is 14.3 Å². The molecule has 132 valence electrons. The molecule has 1 heterocycles. The van der Waals surface area contributed by atoms with Crippen molar-refractivity contribution in [1.82, 2.24) is 9.13 Å². The number of esters is 1. The Morgan fingerprint density at radius 1 is 1.00 bits per heavy atom. The molecule has 7 nitrogen and oxygen atoms in total. The molecule has 0 fully saturated rings. The van der Waals surface area contributed by atoms with Crippen molar-refractivity contribution in [1.29, 1.82) is 0 Å². The molecule has 0 saturated carbocycles. The van der Waals surface area contributed by atoms with Crippen molar-refractivity contribution in [2.24, 2.45) is 14.1 Å². The van der Waals surface area contributed by atoms with Crippen molar-refractivity contribution in [3.8, 4) is 0 Å². The minimum Gasteiger partial charge on any atom is -0.459 e. The molecule has 0 aliphatic rings. The Balaban J connectivity index is 1.91. The molecular weight excluding hydrogens is 324 g/mol. The molecule has 25 heavy (non-hydrogen) atoms. The maximum atomic E-state index is 12.0. The van der Waals surface area contributed by atoms with E-state index in [2.05, 4.69) is 0 Å². The molecule has 0 saturated heterocycles. The van der Waals surface area contributed by atoms with Crippen LogP contribution in [0.2, 0.25) is 0 Å². The summed E-state index contributed by atoms with van der Waals surface area (Å²) < 4.78 is 7.27. The van der Waals surface area contributed by atoms with Crippen LogP contribution in [0, 0.1) is 6.92 Å². The Kier molecular flexibility index (Phi) is 5.69. The predicted molar refractivity (Wildman–Crippen MR) is 91.5 cm³/mol. The third kappa shape index (κ3) is 4.53. The van der Waals surface area contributed by atoms with Crippen molar-refractivity contribution in [2.75, 3.05) is 0 Å². The fourth-order valence-electron chi connectivity index (χ4n) is 2.24. The van der Waals surface area contributed by atoms with E-state index in [-0.39, 0.29) is 25.2 Å². The largest absolute Gasteiger partial charge is 0.459 e. The molecular formula is C18H20N2O5. The molecule has 1 aromatic heterocycles. The van der Waals surface area contributed by atoms with E-state index in [0.717, 1.165) is 10.1 Å². The minimum atomic E-state index is -0.561. The normalized spacial score (nSPS) is 10.5. The third-order valence-electron chi connectivity index (χ3n) is 3.94. The first-order valence-corrected chi connectivity index (χ1v) is 7.81. The molecule has 0 N–H and O–H groups in total. The quantitative estimate of drug-likeness (QED) is 0.578. The van der Waals surface area contributed by atoms with Gasteiger partial charge >= 0.3 is 11.7 Å². The van der Waals surface area contributed by atoms with Crippen LogP contribution in [0.1, 0.15) is 34.5 Å². The molecule has 0 spiro atoms. The summed E-state index contributed by atoms with van der Waals surface area (Å²) in [6, 6.07) is 8.35. The second-order valence-corrected chi connectivity index (χ2v) is 5.82. The first-order valence-electron chi connectivity index (χ1n) is 7.81. The first-order chi connectivity index (χ1) is 11.8. The van der Waals surface area contributed by atoms with Crippen molar-refractivity contribution in [3.05, 3.63) is 68.0 Å². The lowest BCUT2D eigenvalue weighted by molar-refractivity contribution is -0.145. The summed E-state index contributed by atoms with van der Waals surface area (Å²) in [7, 11) is 2.86. The molecule has 0 aliphatic carbocycles. The molecule has 1 aromatic carbocycles. The smallest absolute Gasteiger partial charge is 0.330 e. The Labute approximate surface area is 144 Å². The number of rotatable bonds is 6. The zero-order chi connectivity index (χ0) is 18.6. The van der Waals surface area contributed by atoms with Gasteiger partial charge in [-0.2, -0.15) is 0 Å². The first kappa shape index (κ1) is 18.4. The molecule has 2 aromatic rings. The van der Waals surface area contributed by atoms with Crippen molar-refractivity contribution in [3.63, 3.8) is 0 Å². The van der Waals surface area contributed by atoms with Gasteiger partial charge in [0.2, 0.25) is 0 Å². The molecule has 0 aliphatic heterocycles. The number of carbonyl (C=O) groups is 2. The van der Waals surface area contributed by atoms with Gasteiger partial charge in [0.05, 0.1) is 12.1 Å². The van der Waals surface area contributed by atoms with E-state index in [1.54, 1.807) is 12.1 Å². The highest BCUT2D eigenvalue weighted by Crippen LogP contribution is 2.08. The second kappa shape index (κ2) is 7.74. The fraction of sp³-hybridized carbons (Fsp3) is 0.333. The molecule has 0 radical (unpaired) electrons. The summed E-state index contributed by atoms with van der Waals surface area (Å²) in [6.45, 7) is 1.73. The number of Topliss-reactive ketones (excluding diaryl/α,β-unsaturated/α-hetero) is 1. The van der Waals surface area contributed by atoms with Gasteiger partial charge in [-0.1, -0.05) is 29.8 Å². The van der Waals surface area contributed by atoms with Crippen LogP contribution in [-0.2, 0) is 30.2 Å². The van der Waals surface area contributed by atoms with Crippen LogP contribution in [0.5, 0.6) is 0 Å². The van der Waals surface area contributed by atoms with Crippen LogP contribution < -0.4 is 11.2 Å². The average molecular weight is 344 g/mol. The van der Waals surface area contributed by atoms with Crippen LogP contribution >= 0.6 is 0 Å². The predicted octanol–water partition coefficient (Wildman–Crippen LogP) is 1.10. The molecule has 0 atom stereocenters. The monoisotopic (exact) mass is 344 g/mol. The van der Waals surface area contributed by atoms with Crippen molar-refractivity contribution >= 4 is 11.8 Å². The lowest BCUT2D eigenvalue weighted by Crippen LogP contribution is -2.38. The number of ketones is 1. The lowest BCUT2D eigenvalue weighted by atomic mass is 10.1. The maximum absolute atomic E-state index is 12.0. The summed E-state index contributed by atoms with van der Waals surface area (Å²) in [4.78, 5) is 47.2. The highest BCUT2D eigenvalue weighted by atomic mass is 16.5. The van der Waals surface area contributed by atoms with Crippen molar-refractivity contribution in [2.45, 2.75) is 26.4 Å². The second-order valence-electron chi connectivity index (χ2n) is 5.82. The van der Waals surface area contributed by atoms with Gasteiger partial charge < -0.3 is 4.74 Å². The number of nitrogens with zero attached hydrogens (tertiary/aromatic N) is 2. The summed E-state index contributed by atoms with van der Waals surface area (Å²) in [5.74, 6) is -0.702. The topological polar surface area (TPSA) is 87.4 Å². The molecule has 2 rings (SSSR count). The van der Waals surface area contributed by atoms with Gasteiger partial charge in [0.1, 0.15) is 6.61 Å². The zero-order valence-corrected chi connectivity index (χ0v) is 14.4. The maximum Gasteiger partial charge on any atom is 0.330 e. The average Bonchev–Trinajstić information content (AvgIpc) is 2.60. The van der Waals surface area contributed by atoms with E-state index in [0.29, 0.717) is 11.3 Å². The number of hydrogen-bond donors (Lipinski definition) is 0. The van der Waals surface area contributed by atoms with Gasteiger partial charge in [-0.25, -0.2) is 4.79 Å². The minimum absolute atomic E-state index is 0.0391. The summed E-state index contributed by atoms with van der Waals surface area (Å²) in [5.41, 5.74) is 0.936. The van der Waals surface area contributed by atoms with Gasteiger partial charge in [0.25, 0.3) is 5.56 Å². The van der Waals surface area contributed by atoms with Gasteiger partial charge in [0, 0.05) is 32.1 Å². The molecule has 7 heteroatoms. The van der Waals surface area contributed by atoms with Gasteiger partial charge in [-0.3, -0.25) is 23.5 Å². The third-order valence-corrected chi connectivity index (χ3v) is 3.94. The van der Waals surface area contributed by atoms with Crippen LogP contribution in [0.25, 0.3) is 0 Å². The van der Waals surface area contributed by atoms with E-state index in [1.807, 2.05) is 19.1 Å². The fourth-order valence-corrected chi connectivity index (χ4v) is 2.24. The van der Waals surface area contributed by atoms with Crippen LogP contribution in [0.4, 0.5) is 0 Å². The highest BCUT2D eigenvalue weighted by molar-refractivity contribution is 5.97. The summed E-state index contributed by atoms with van der Waals surface area (Å²) in [5, 5.41) is 0. The van der Waals surface area contributed by atoms with E-state index in [1.165, 1.54) is 24.7 Å². The van der Waals surface area contributed by atoms with E-state index in [4.69, 9.17) is 4.74 Å². The van der Waals surface area contributed by atoms with Gasteiger partial charge in [0.15, 0.2) is 5.78 Å². The van der Waals surface area contributed by atoms with E-state index in [9.17, 15) is 19.2 Å². The van der Waals surface area contributed by atoms with Gasteiger partial charge in [-0.15, -0.1) is 0 Å². The van der Waals surface area contributed by atoms with Crippen LogP contribution in [0.15, 0.2) is 39.9 Å². The number of benzene rings is 1. The summed E-state index contributed by atoms with van der Waals surface area (Å²) in [6.07, 6.45) is -0.0249. The highest BCUT2D eigenvalue weighted by Gasteiger charge is 2.12. The number of aryl methyl sites for hydroxylation is 1. The molecule has 0 bridgehead atoms. The SMILES string of the molecule is Cc1ccc(C(=O)CCC(=O)OCc2cc(=O)n(C)c(=O)n2C)cc1. The zero-order valence-electron chi connectivity index (χ0n) is 14.4. The van der Waals surface area contributed by atoms with E-state index < -0.39 is 17.2 Å². The number of aromatic nitrogens is 2.